The zero-order chi connectivity index (χ0) is 18.6. The summed E-state index contributed by atoms with van der Waals surface area (Å²) < 4.78 is 18.5. The van der Waals surface area contributed by atoms with Crippen LogP contribution in [0.3, 0.4) is 0 Å². The smallest absolute Gasteiger partial charge is 0.341 e. The van der Waals surface area contributed by atoms with Crippen molar-refractivity contribution < 1.29 is 18.7 Å². The van der Waals surface area contributed by atoms with E-state index in [4.69, 9.17) is 16.3 Å². The van der Waals surface area contributed by atoms with Gasteiger partial charge in [-0.05, 0) is 55.7 Å². The predicted molar refractivity (Wildman–Crippen MR) is 94.2 cm³/mol. The van der Waals surface area contributed by atoms with E-state index in [-0.39, 0.29) is 16.6 Å². The molecular weight excluding hydrogens is 345 g/mol. The first-order valence-electron chi connectivity index (χ1n) is 7.76. The average molecular weight is 364 g/mol. The molecule has 0 fully saturated rings. The third-order valence-corrected chi connectivity index (χ3v) is 4.13. The van der Waals surface area contributed by atoms with E-state index >= 15 is 0 Å². The number of amides is 1. The van der Waals surface area contributed by atoms with Crippen LogP contribution in [0.5, 0.6) is 0 Å². The van der Waals surface area contributed by atoms with Crippen LogP contribution in [0.4, 0.5) is 4.39 Å². The second-order valence-electron chi connectivity index (χ2n) is 5.83. The summed E-state index contributed by atoms with van der Waals surface area (Å²) in [6.07, 6.45) is 0. The Morgan fingerprint density at radius 3 is 2.52 bits per heavy atom. The summed E-state index contributed by atoms with van der Waals surface area (Å²) in [4.78, 5) is 23.8. The van der Waals surface area contributed by atoms with Crippen molar-refractivity contribution in [2.75, 3.05) is 6.61 Å². The molecule has 0 aliphatic rings. The van der Waals surface area contributed by atoms with Gasteiger partial charge in [-0.25, -0.2) is 9.18 Å². The average Bonchev–Trinajstić information content (AvgIpc) is 2.55. The Morgan fingerprint density at radius 1 is 1.16 bits per heavy atom. The van der Waals surface area contributed by atoms with Gasteiger partial charge in [0.1, 0.15) is 5.82 Å². The molecule has 0 aromatic heterocycles. The Kier molecular flexibility index (Phi) is 6.15. The van der Waals surface area contributed by atoms with Crippen molar-refractivity contribution in [1.29, 1.82) is 0 Å². The molecule has 6 heteroatoms. The lowest BCUT2D eigenvalue weighted by molar-refractivity contribution is -0.124. The summed E-state index contributed by atoms with van der Waals surface area (Å²) in [6.45, 7) is 5.35. The summed E-state index contributed by atoms with van der Waals surface area (Å²) in [5.41, 5.74) is 2.98. The molecule has 25 heavy (non-hydrogen) atoms. The molecule has 4 nitrogen and oxygen atoms in total. The third-order valence-electron chi connectivity index (χ3n) is 3.89. The molecular formula is C19H19ClFNO3. The number of esters is 1. The van der Waals surface area contributed by atoms with E-state index in [9.17, 15) is 14.0 Å². The van der Waals surface area contributed by atoms with Gasteiger partial charge in [0.15, 0.2) is 6.61 Å². The summed E-state index contributed by atoms with van der Waals surface area (Å²) in [6, 6.07) is 9.28. The predicted octanol–water partition coefficient (Wildman–Crippen LogP) is 4.13. The molecule has 0 heterocycles. The van der Waals surface area contributed by atoms with Gasteiger partial charge in [-0.3, -0.25) is 4.79 Å². The van der Waals surface area contributed by atoms with Crippen LogP contribution >= 0.6 is 11.6 Å². The number of halogens is 2. The van der Waals surface area contributed by atoms with Gasteiger partial charge >= 0.3 is 5.97 Å². The molecule has 0 spiro atoms. The zero-order valence-electron chi connectivity index (χ0n) is 14.2. The number of hydrogen-bond donors (Lipinski definition) is 1. The molecule has 2 aromatic rings. The molecule has 132 valence electrons. The lowest BCUT2D eigenvalue weighted by atomic mass is 10.0. The number of hydrogen-bond acceptors (Lipinski definition) is 3. The van der Waals surface area contributed by atoms with Crippen LogP contribution in [0.1, 0.15) is 40.0 Å². The topological polar surface area (TPSA) is 55.4 Å². The highest BCUT2D eigenvalue weighted by Crippen LogP contribution is 2.17. The van der Waals surface area contributed by atoms with E-state index in [1.54, 1.807) is 0 Å². The maximum absolute atomic E-state index is 13.6. The van der Waals surface area contributed by atoms with Crippen molar-refractivity contribution in [2.45, 2.75) is 26.8 Å². The van der Waals surface area contributed by atoms with Crippen LogP contribution in [0.15, 0.2) is 36.4 Å². The molecule has 0 aliphatic carbocycles. The highest BCUT2D eigenvalue weighted by Gasteiger charge is 2.16. The van der Waals surface area contributed by atoms with Crippen molar-refractivity contribution >= 4 is 23.5 Å². The first kappa shape index (κ1) is 18.9. The van der Waals surface area contributed by atoms with Crippen LogP contribution in [0.25, 0.3) is 0 Å². The van der Waals surface area contributed by atoms with E-state index in [1.807, 2.05) is 39.0 Å². The SMILES string of the molecule is Cc1ccc(C(C)NC(=O)COC(=O)c2ccc(Cl)cc2F)cc1C. The van der Waals surface area contributed by atoms with Crippen molar-refractivity contribution in [3.8, 4) is 0 Å². The highest BCUT2D eigenvalue weighted by atomic mass is 35.5. The highest BCUT2D eigenvalue weighted by molar-refractivity contribution is 6.30. The molecule has 1 amide bonds. The maximum Gasteiger partial charge on any atom is 0.341 e. The molecule has 0 aliphatic heterocycles. The minimum absolute atomic E-state index is 0.175. The number of ether oxygens (including phenoxy) is 1. The quantitative estimate of drug-likeness (QED) is 0.812. The summed E-state index contributed by atoms with van der Waals surface area (Å²) in [5, 5.41) is 2.92. The molecule has 1 N–H and O–H groups in total. The molecule has 1 unspecified atom stereocenters. The summed E-state index contributed by atoms with van der Waals surface area (Å²) in [7, 11) is 0. The Balaban J connectivity index is 1.91. The van der Waals surface area contributed by atoms with Gasteiger partial charge in [0.2, 0.25) is 0 Å². The number of nitrogens with one attached hydrogen (secondary N) is 1. The van der Waals surface area contributed by atoms with Crippen molar-refractivity contribution in [3.63, 3.8) is 0 Å². The second kappa shape index (κ2) is 8.12. The van der Waals surface area contributed by atoms with Gasteiger partial charge in [-0.15, -0.1) is 0 Å². The van der Waals surface area contributed by atoms with E-state index in [0.717, 1.165) is 17.2 Å². The normalized spacial score (nSPS) is 11.7. The number of carbonyl (C=O) groups is 2. The van der Waals surface area contributed by atoms with Crippen LogP contribution in [0, 0.1) is 19.7 Å². The summed E-state index contributed by atoms with van der Waals surface area (Å²) >= 11 is 5.63. The maximum atomic E-state index is 13.6. The van der Waals surface area contributed by atoms with E-state index in [2.05, 4.69) is 5.32 Å². The molecule has 1 atom stereocenters. The minimum Gasteiger partial charge on any atom is -0.452 e. The molecule has 0 saturated carbocycles. The van der Waals surface area contributed by atoms with Crippen LogP contribution < -0.4 is 5.32 Å². The fourth-order valence-electron chi connectivity index (χ4n) is 2.26. The van der Waals surface area contributed by atoms with Crippen molar-refractivity contribution in [3.05, 3.63) is 69.5 Å². The van der Waals surface area contributed by atoms with Crippen molar-refractivity contribution in [1.82, 2.24) is 5.32 Å². The standard InChI is InChI=1S/C19H19ClFNO3/c1-11-4-5-14(8-12(11)2)13(3)22-18(23)10-25-19(24)16-7-6-15(20)9-17(16)21/h4-9,13H,10H2,1-3H3,(H,22,23). The Labute approximate surface area is 150 Å². The molecule has 2 aromatic carbocycles. The Hall–Kier alpha value is -2.40. The fraction of sp³-hybridized carbons (Fsp3) is 0.263. The van der Waals surface area contributed by atoms with Crippen LogP contribution in [0.2, 0.25) is 5.02 Å². The first-order chi connectivity index (χ1) is 11.8. The van der Waals surface area contributed by atoms with Gasteiger partial charge in [0.05, 0.1) is 11.6 Å². The van der Waals surface area contributed by atoms with Gasteiger partial charge in [-0.2, -0.15) is 0 Å². The monoisotopic (exact) mass is 363 g/mol. The van der Waals surface area contributed by atoms with Gasteiger partial charge in [0, 0.05) is 5.02 Å². The number of rotatable bonds is 5. The second-order valence-corrected chi connectivity index (χ2v) is 6.27. The number of benzene rings is 2. The van der Waals surface area contributed by atoms with Crippen LogP contribution in [-0.2, 0) is 9.53 Å². The fourth-order valence-corrected chi connectivity index (χ4v) is 2.42. The third kappa shape index (κ3) is 5.03. The number of carbonyl (C=O) groups excluding carboxylic acids is 2. The first-order valence-corrected chi connectivity index (χ1v) is 8.14. The summed E-state index contributed by atoms with van der Waals surface area (Å²) in [5.74, 6) is -2.17. The van der Waals surface area contributed by atoms with Gasteiger partial charge < -0.3 is 10.1 Å². The number of aryl methyl sites for hydroxylation is 2. The molecule has 0 saturated heterocycles. The van der Waals surface area contributed by atoms with Crippen LogP contribution in [-0.4, -0.2) is 18.5 Å². The lowest BCUT2D eigenvalue weighted by Crippen LogP contribution is -2.31. The molecule has 2 rings (SSSR count). The van der Waals surface area contributed by atoms with E-state index < -0.39 is 24.3 Å². The van der Waals surface area contributed by atoms with Gasteiger partial charge in [0.25, 0.3) is 5.91 Å². The van der Waals surface area contributed by atoms with E-state index in [0.29, 0.717) is 0 Å². The lowest BCUT2D eigenvalue weighted by Gasteiger charge is -2.16. The van der Waals surface area contributed by atoms with E-state index in [1.165, 1.54) is 17.7 Å². The van der Waals surface area contributed by atoms with Gasteiger partial charge in [-0.1, -0.05) is 29.8 Å². The zero-order valence-corrected chi connectivity index (χ0v) is 15.0. The molecule has 0 radical (unpaired) electrons. The largest absolute Gasteiger partial charge is 0.452 e. The molecule has 0 bridgehead atoms. The Morgan fingerprint density at radius 2 is 1.88 bits per heavy atom. The Bertz CT molecular complexity index is 807. The van der Waals surface area contributed by atoms with Crippen molar-refractivity contribution in [2.24, 2.45) is 0 Å². The minimum atomic E-state index is -0.914.